The van der Waals surface area contributed by atoms with Crippen molar-refractivity contribution in [1.29, 1.82) is 0 Å². The topological polar surface area (TPSA) is 69.3 Å². The summed E-state index contributed by atoms with van der Waals surface area (Å²) in [6.45, 7) is 7.54. The summed E-state index contributed by atoms with van der Waals surface area (Å²) >= 11 is 0. The highest BCUT2D eigenvalue weighted by atomic mass is 16.2. The van der Waals surface area contributed by atoms with Crippen molar-refractivity contribution in [3.8, 4) is 0 Å². The van der Waals surface area contributed by atoms with Crippen LogP contribution >= 0.6 is 0 Å². The van der Waals surface area contributed by atoms with E-state index in [0.717, 1.165) is 44.3 Å². The third kappa shape index (κ3) is 2.54. The third-order valence-corrected chi connectivity index (χ3v) is 5.24. The smallest absolute Gasteiger partial charge is 0.275 e. The zero-order valence-electron chi connectivity index (χ0n) is 14.3. The lowest BCUT2D eigenvalue weighted by Crippen LogP contribution is -2.62. The molecule has 1 aromatic rings. The summed E-state index contributed by atoms with van der Waals surface area (Å²) in [4.78, 5) is 29.8. The van der Waals surface area contributed by atoms with E-state index < -0.39 is 5.54 Å². The van der Waals surface area contributed by atoms with E-state index in [4.69, 9.17) is 0 Å². The predicted octanol–water partition coefficient (Wildman–Crippen LogP) is 1.98. The van der Waals surface area contributed by atoms with Crippen molar-refractivity contribution < 1.29 is 9.59 Å². The average Bonchev–Trinajstić information content (AvgIpc) is 3.17. The van der Waals surface area contributed by atoms with Crippen molar-refractivity contribution in [1.82, 2.24) is 20.0 Å². The van der Waals surface area contributed by atoms with Crippen LogP contribution in [0.5, 0.6) is 0 Å². The van der Waals surface area contributed by atoms with Gasteiger partial charge in [0.05, 0.1) is 0 Å². The van der Waals surface area contributed by atoms with Crippen LogP contribution in [0.3, 0.4) is 0 Å². The van der Waals surface area contributed by atoms with Crippen LogP contribution in [-0.4, -0.2) is 56.5 Å². The molecule has 2 fully saturated rings. The summed E-state index contributed by atoms with van der Waals surface area (Å²) in [6.07, 6.45) is 4.19. The highest BCUT2D eigenvalue weighted by Crippen LogP contribution is 2.39. The molecule has 1 aromatic heterocycles. The second kappa shape index (κ2) is 5.98. The highest BCUT2D eigenvalue weighted by Gasteiger charge is 2.53. The van der Waals surface area contributed by atoms with Gasteiger partial charge in [-0.25, -0.2) is 0 Å². The summed E-state index contributed by atoms with van der Waals surface area (Å²) in [6, 6.07) is 1.98. The number of piperidine rings is 1. The number of hydrogen-bond donors (Lipinski definition) is 1. The summed E-state index contributed by atoms with van der Waals surface area (Å²) in [7, 11) is 0. The average molecular weight is 318 g/mol. The molecule has 0 aromatic carbocycles. The van der Waals surface area contributed by atoms with Gasteiger partial charge in [-0.3, -0.25) is 14.7 Å². The molecule has 0 radical (unpaired) electrons. The number of aromatic nitrogens is 2. The van der Waals surface area contributed by atoms with Crippen molar-refractivity contribution in [2.24, 2.45) is 0 Å². The number of carbonyl (C=O) groups excluding carboxylic acids is 2. The first kappa shape index (κ1) is 16.0. The monoisotopic (exact) mass is 318 g/mol. The second-order valence-electron chi connectivity index (χ2n) is 6.92. The zero-order valence-corrected chi connectivity index (χ0v) is 14.3. The van der Waals surface area contributed by atoms with E-state index in [2.05, 4.69) is 10.2 Å². The molecule has 1 atom stereocenters. The lowest BCUT2D eigenvalue weighted by Gasteiger charge is -2.45. The molecule has 0 saturated carbocycles. The quantitative estimate of drug-likeness (QED) is 0.926. The fraction of sp³-hybridized carbons (Fsp3) is 0.706. The minimum atomic E-state index is -0.648. The van der Waals surface area contributed by atoms with Gasteiger partial charge in [-0.15, -0.1) is 0 Å². The van der Waals surface area contributed by atoms with Gasteiger partial charge in [0, 0.05) is 24.8 Å². The number of hydrogen-bond acceptors (Lipinski definition) is 3. The number of H-pyrrole nitrogens is 1. The molecule has 1 unspecified atom stereocenters. The zero-order chi connectivity index (χ0) is 16.6. The molecule has 6 nitrogen and oxygen atoms in total. The number of nitrogens with zero attached hydrogens (tertiary/aromatic N) is 3. The van der Waals surface area contributed by atoms with E-state index >= 15 is 0 Å². The van der Waals surface area contributed by atoms with Gasteiger partial charge in [0.1, 0.15) is 11.2 Å². The maximum atomic E-state index is 13.1. The van der Waals surface area contributed by atoms with Crippen LogP contribution in [0.4, 0.5) is 0 Å². The van der Waals surface area contributed by atoms with Gasteiger partial charge in [-0.05, 0) is 52.0 Å². The van der Waals surface area contributed by atoms with Gasteiger partial charge >= 0.3 is 0 Å². The molecule has 1 N–H and O–H groups in total. The SMILES string of the molecule is CCc1cc(C(=O)N2CCCC23CCCN(C(C)C)C3=O)n[nH]1. The molecule has 0 aliphatic carbocycles. The molecule has 2 aliphatic heterocycles. The van der Waals surface area contributed by atoms with E-state index in [-0.39, 0.29) is 17.9 Å². The lowest BCUT2D eigenvalue weighted by atomic mass is 9.84. The fourth-order valence-corrected chi connectivity index (χ4v) is 3.96. The van der Waals surface area contributed by atoms with Crippen molar-refractivity contribution in [2.75, 3.05) is 13.1 Å². The Morgan fingerprint density at radius 2 is 2.04 bits per heavy atom. The van der Waals surface area contributed by atoms with Gasteiger partial charge in [-0.2, -0.15) is 5.10 Å². The first-order chi connectivity index (χ1) is 11.0. The number of rotatable bonds is 3. The van der Waals surface area contributed by atoms with Crippen LogP contribution < -0.4 is 0 Å². The molecule has 3 rings (SSSR count). The van der Waals surface area contributed by atoms with Gasteiger partial charge in [0.25, 0.3) is 5.91 Å². The normalized spacial score (nSPS) is 25.0. The van der Waals surface area contributed by atoms with Gasteiger partial charge < -0.3 is 9.80 Å². The lowest BCUT2D eigenvalue weighted by molar-refractivity contribution is -0.147. The van der Waals surface area contributed by atoms with Crippen molar-refractivity contribution in [3.05, 3.63) is 17.5 Å². The second-order valence-corrected chi connectivity index (χ2v) is 6.92. The van der Waals surface area contributed by atoms with E-state index in [1.54, 1.807) is 4.90 Å². The maximum absolute atomic E-state index is 13.1. The summed E-state index contributed by atoms with van der Waals surface area (Å²) < 4.78 is 0. The Balaban J connectivity index is 1.89. The molecular weight excluding hydrogens is 292 g/mol. The Hall–Kier alpha value is -1.85. The minimum Gasteiger partial charge on any atom is -0.338 e. The molecule has 2 amide bonds. The van der Waals surface area contributed by atoms with Crippen LogP contribution in [0, 0.1) is 0 Å². The molecule has 3 heterocycles. The molecule has 6 heteroatoms. The minimum absolute atomic E-state index is 0.114. The molecule has 1 spiro atoms. The fourth-order valence-electron chi connectivity index (χ4n) is 3.96. The van der Waals surface area contributed by atoms with Gasteiger partial charge in [0.15, 0.2) is 0 Å². The summed E-state index contributed by atoms with van der Waals surface area (Å²) in [5.74, 6) is 0.00765. The summed E-state index contributed by atoms with van der Waals surface area (Å²) in [5.41, 5.74) is 0.725. The van der Waals surface area contributed by atoms with Gasteiger partial charge in [0.2, 0.25) is 5.91 Å². The highest BCUT2D eigenvalue weighted by molar-refractivity contribution is 5.99. The Bertz CT molecular complexity index is 609. The third-order valence-electron chi connectivity index (χ3n) is 5.24. The molecule has 126 valence electrons. The molecule has 2 saturated heterocycles. The first-order valence-corrected chi connectivity index (χ1v) is 8.67. The maximum Gasteiger partial charge on any atom is 0.275 e. The van der Waals surface area contributed by atoms with E-state index in [1.165, 1.54) is 0 Å². The van der Waals surface area contributed by atoms with Crippen LogP contribution in [-0.2, 0) is 11.2 Å². The van der Waals surface area contributed by atoms with Crippen LogP contribution in [0.25, 0.3) is 0 Å². The van der Waals surface area contributed by atoms with Crippen LogP contribution in [0.1, 0.15) is 62.6 Å². The number of likely N-dealkylation sites (tertiary alicyclic amines) is 2. The van der Waals surface area contributed by atoms with Crippen molar-refractivity contribution in [3.63, 3.8) is 0 Å². The van der Waals surface area contributed by atoms with E-state index in [0.29, 0.717) is 12.2 Å². The Kier molecular flexibility index (Phi) is 4.17. The number of amides is 2. The molecule has 2 aliphatic rings. The van der Waals surface area contributed by atoms with E-state index in [1.807, 2.05) is 31.7 Å². The molecule has 0 bridgehead atoms. The van der Waals surface area contributed by atoms with Crippen molar-refractivity contribution in [2.45, 2.75) is 64.5 Å². The first-order valence-electron chi connectivity index (χ1n) is 8.67. The van der Waals surface area contributed by atoms with Crippen molar-refractivity contribution >= 4 is 11.8 Å². The van der Waals surface area contributed by atoms with E-state index in [9.17, 15) is 9.59 Å². The number of carbonyl (C=O) groups is 2. The number of nitrogens with one attached hydrogen (secondary N) is 1. The summed E-state index contributed by atoms with van der Waals surface area (Å²) in [5, 5.41) is 7.04. The number of aromatic amines is 1. The van der Waals surface area contributed by atoms with Crippen LogP contribution in [0.15, 0.2) is 6.07 Å². The Morgan fingerprint density at radius 1 is 1.35 bits per heavy atom. The standard InChI is InChI=1S/C17H26N4O2/c1-4-13-11-14(19-18-13)15(22)21-10-6-8-17(21)7-5-9-20(12(2)3)16(17)23/h11-12H,4-10H2,1-3H3,(H,18,19). The predicted molar refractivity (Wildman–Crippen MR) is 87.1 cm³/mol. The van der Waals surface area contributed by atoms with Crippen LogP contribution in [0.2, 0.25) is 0 Å². The Morgan fingerprint density at radius 3 is 2.65 bits per heavy atom. The largest absolute Gasteiger partial charge is 0.338 e. The molecule has 23 heavy (non-hydrogen) atoms. The van der Waals surface area contributed by atoms with Gasteiger partial charge in [-0.1, -0.05) is 6.92 Å². The Labute approximate surface area is 137 Å². The number of aryl methyl sites for hydroxylation is 1. The molecular formula is C17H26N4O2.